The zero-order valence-electron chi connectivity index (χ0n) is 11.7. The van der Waals surface area contributed by atoms with Gasteiger partial charge in [0.15, 0.2) is 5.78 Å². The lowest BCUT2D eigenvalue weighted by Crippen LogP contribution is -2.48. The highest BCUT2D eigenvalue weighted by Gasteiger charge is 2.29. The number of hydrazine groups is 1. The molecule has 0 spiro atoms. The predicted octanol–water partition coefficient (Wildman–Crippen LogP) is 0.180. The van der Waals surface area contributed by atoms with Crippen molar-refractivity contribution in [2.75, 3.05) is 19.3 Å². The van der Waals surface area contributed by atoms with Gasteiger partial charge in [-0.25, -0.2) is 13.4 Å². The predicted molar refractivity (Wildman–Crippen MR) is 79.3 cm³/mol. The second-order valence-corrected chi connectivity index (χ2v) is 6.77. The van der Waals surface area contributed by atoms with Crippen LogP contribution in [0.4, 0.5) is 0 Å². The maximum absolute atomic E-state index is 12.3. The lowest BCUT2D eigenvalue weighted by atomic mass is 9.97. The topological polar surface area (TPSA) is 102 Å². The van der Waals surface area contributed by atoms with Crippen molar-refractivity contribution in [3.8, 4) is 0 Å². The lowest BCUT2D eigenvalue weighted by molar-refractivity contribution is 0.0919. The number of sulfonamides is 1. The van der Waals surface area contributed by atoms with Gasteiger partial charge in [0, 0.05) is 24.6 Å². The molecule has 1 fully saturated rings. The van der Waals surface area contributed by atoms with Crippen LogP contribution in [0.1, 0.15) is 16.8 Å². The van der Waals surface area contributed by atoms with E-state index in [-0.39, 0.29) is 17.7 Å². The molecule has 0 amide bonds. The van der Waals surface area contributed by atoms with Crippen molar-refractivity contribution in [3.63, 3.8) is 0 Å². The number of nitrogens with one attached hydrogen (secondary N) is 3. The fourth-order valence-corrected chi connectivity index (χ4v) is 2.70. The zero-order chi connectivity index (χ0) is 15.5. The number of Topliss-reactive ketones (excluding diaryl/α,β-unsaturated/α-hetero) is 1. The van der Waals surface area contributed by atoms with Crippen molar-refractivity contribution in [1.29, 1.82) is 5.41 Å². The van der Waals surface area contributed by atoms with E-state index in [9.17, 15) is 13.2 Å². The highest BCUT2D eigenvalue weighted by atomic mass is 32.2. The van der Waals surface area contributed by atoms with Gasteiger partial charge in [0.1, 0.15) is 0 Å². The summed E-state index contributed by atoms with van der Waals surface area (Å²) in [5.74, 6) is -0.390. The molecule has 0 aromatic heterocycles. The number of nitrogens with zero attached hydrogens (tertiary/aromatic N) is 1. The molecule has 0 aliphatic carbocycles. The zero-order valence-corrected chi connectivity index (χ0v) is 12.5. The molecule has 8 heteroatoms. The molecule has 21 heavy (non-hydrogen) atoms. The van der Waals surface area contributed by atoms with Crippen LogP contribution in [0.25, 0.3) is 0 Å². The fourth-order valence-electron chi connectivity index (χ4n) is 2.28. The van der Waals surface area contributed by atoms with Gasteiger partial charge in [-0.2, -0.15) is 0 Å². The molecule has 0 saturated carbocycles. The Hall–Kier alpha value is -1.93. The van der Waals surface area contributed by atoms with Crippen LogP contribution >= 0.6 is 0 Å². The number of hydrogen-bond acceptors (Lipinski definition) is 5. The average Bonchev–Trinajstić information content (AvgIpc) is 2.85. The molecule has 2 rings (SSSR count). The van der Waals surface area contributed by atoms with E-state index in [0.717, 1.165) is 6.26 Å². The summed E-state index contributed by atoms with van der Waals surface area (Å²) in [4.78, 5) is 12.3. The summed E-state index contributed by atoms with van der Waals surface area (Å²) in [6.07, 6.45) is 1.65. The van der Waals surface area contributed by atoms with E-state index in [1.165, 1.54) is 0 Å². The summed E-state index contributed by atoms with van der Waals surface area (Å²) < 4.78 is 24.1. The van der Waals surface area contributed by atoms with Gasteiger partial charge in [-0.05, 0) is 6.42 Å². The molecule has 1 saturated heterocycles. The second kappa shape index (κ2) is 6.23. The van der Waals surface area contributed by atoms with Gasteiger partial charge in [-0.1, -0.05) is 30.3 Å². The van der Waals surface area contributed by atoms with Crippen molar-refractivity contribution in [3.05, 3.63) is 35.9 Å². The third kappa shape index (κ3) is 4.54. The standard InChI is InChI=1S/C13H18N4O3S/c1-21(19,20)16-13(14)15-17-8-7-11(9-17)12(18)10-5-3-2-4-6-10/h2-6,11H,7-9H2,1H3,(H3,14,15,16). The maximum atomic E-state index is 12.3. The van der Waals surface area contributed by atoms with Crippen LogP contribution in [-0.4, -0.2) is 44.5 Å². The van der Waals surface area contributed by atoms with Crippen LogP contribution in [0.15, 0.2) is 30.3 Å². The Labute approximate surface area is 123 Å². The molecule has 1 aromatic carbocycles. The Morgan fingerprint density at radius 2 is 2.00 bits per heavy atom. The minimum Gasteiger partial charge on any atom is -0.294 e. The quantitative estimate of drug-likeness (QED) is 0.418. The van der Waals surface area contributed by atoms with Crippen LogP contribution in [-0.2, 0) is 10.0 Å². The van der Waals surface area contributed by atoms with E-state index >= 15 is 0 Å². The molecule has 3 N–H and O–H groups in total. The molecular weight excluding hydrogens is 292 g/mol. The van der Waals surface area contributed by atoms with Crippen LogP contribution in [0.5, 0.6) is 0 Å². The fraction of sp³-hybridized carbons (Fsp3) is 0.385. The van der Waals surface area contributed by atoms with Crippen LogP contribution in [0, 0.1) is 11.3 Å². The number of guanidine groups is 1. The molecule has 1 unspecified atom stereocenters. The number of carbonyl (C=O) groups excluding carboxylic acids is 1. The molecule has 1 aliphatic heterocycles. The molecular formula is C13H18N4O3S. The highest BCUT2D eigenvalue weighted by Crippen LogP contribution is 2.19. The normalized spacial score (nSPS) is 19.2. The Morgan fingerprint density at radius 1 is 1.33 bits per heavy atom. The molecule has 0 radical (unpaired) electrons. The van der Waals surface area contributed by atoms with Gasteiger partial charge in [0.25, 0.3) is 0 Å². The summed E-state index contributed by atoms with van der Waals surface area (Å²) in [6, 6.07) is 9.07. The van der Waals surface area contributed by atoms with Gasteiger partial charge in [0.2, 0.25) is 16.0 Å². The van der Waals surface area contributed by atoms with E-state index in [1.54, 1.807) is 17.1 Å². The number of benzene rings is 1. The highest BCUT2D eigenvalue weighted by molar-refractivity contribution is 7.89. The van der Waals surface area contributed by atoms with E-state index in [2.05, 4.69) is 5.43 Å². The van der Waals surface area contributed by atoms with Gasteiger partial charge < -0.3 is 0 Å². The first-order valence-electron chi connectivity index (χ1n) is 6.52. The third-order valence-electron chi connectivity index (χ3n) is 3.17. The molecule has 0 bridgehead atoms. The third-order valence-corrected chi connectivity index (χ3v) is 3.75. The van der Waals surface area contributed by atoms with Crippen molar-refractivity contribution >= 4 is 21.8 Å². The molecule has 1 aliphatic rings. The summed E-state index contributed by atoms with van der Waals surface area (Å²) >= 11 is 0. The van der Waals surface area contributed by atoms with Crippen LogP contribution in [0.3, 0.4) is 0 Å². The Morgan fingerprint density at radius 3 is 2.62 bits per heavy atom. The van der Waals surface area contributed by atoms with Gasteiger partial charge in [-0.3, -0.25) is 20.4 Å². The number of hydrogen-bond donors (Lipinski definition) is 3. The van der Waals surface area contributed by atoms with E-state index in [0.29, 0.717) is 25.1 Å². The van der Waals surface area contributed by atoms with E-state index < -0.39 is 10.0 Å². The second-order valence-electron chi connectivity index (χ2n) is 5.02. The largest absolute Gasteiger partial charge is 0.294 e. The monoisotopic (exact) mass is 310 g/mol. The minimum absolute atomic E-state index is 0.0718. The molecule has 1 atom stereocenters. The van der Waals surface area contributed by atoms with Crippen LogP contribution < -0.4 is 10.1 Å². The van der Waals surface area contributed by atoms with E-state index in [1.807, 2.05) is 22.9 Å². The van der Waals surface area contributed by atoms with Gasteiger partial charge in [-0.15, -0.1) is 0 Å². The van der Waals surface area contributed by atoms with Crippen molar-refractivity contribution in [2.45, 2.75) is 6.42 Å². The maximum Gasteiger partial charge on any atom is 0.232 e. The lowest BCUT2D eigenvalue weighted by Gasteiger charge is -2.19. The average molecular weight is 310 g/mol. The number of carbonyl (C=O) groups is 1. The van der Waals surface area contributed by atoms with Crippen LogP contribution in [0.2, 0.25) is 0 Å². The van der Waals surface area contributed by atoms with Crippen molar-refractivity contribution in [1.82, 2.24) is 15.2 Å². The SMILES string of the molecule is CS(=O)(=O)NC(=N)NN1CCC(C(=O)c2ccccc2)C1. The molecule has 114 valence electrons. The number of rotatable bonds is 4. The molecule has 1 heterocycles. The smallest absolute Gasteiger partial charge is 0.232 e. The van der Waals surface area contributed by atoms with Crippen molar-refractivity contribution < 1.29 is 13.2 Å². The minimum atomic E-state index is -3.47. The Kier molecular flexibility index (Phi) is 4.59. The summed E-state index contributed by atoms with van der Waals surface area (Å²) in [5.41, 5.74) is 3.32. The van der Waals surface area contributed by atoms with E-state index in [4.69, 9.17) is 5.41 Å². The molecule has 7 nitrogen and oxygen atoms in total. The first-order chi connectivity index (χ1) is 9.85. The first kappa shape index (κ1) is 15.5. The van der Waals surface area contributed by atoms with Gasteiger partial charge in [0.05, 0.1) is 6.26 Å². The summed E-state index contributed by atoms with van der Waals surface area (Å²) in [5, 5.41) is 9.19. The Balaban J connectivity index is 1.89. The first-order valence-corrected chi connectivity index (χ1v) is 8.41. The Bertz CT molecular complexity index is 630. The van der Waals surface area contributed by atoms with Crippen molar-refractivity contribution in [2.24, 2.45) is 5.92 Å². The summed E-state index contributed by atoms with van der Waals surface area (Å²) in [7, 11) is -3.47. The number of ketones is 1. The molecule has 1 aromatic rings. The summed E-state index contributed by atoms with van der Waals surface area (Å²) in [6.45, 7) is 1.03. The van der Waals surface area contributed by atoms with Gasteiger partial charge >= 0.3 is 0 Å².